The Balaban J connectivity index is 2.01. The maximum atomic E-state index is 11.7. The lowest BCUT2D eigenvalue weighted by Gasteiger charge is -2.06. The maximum absolute atomic E-state index is 11.7. The molecule has 0 unspecified atom stereocenters. The van der Waals surface area contributed by atoms with Crippen LogP contribution in [0.3, 0.4) is 0 Å². The van der Waals surface area contributed by atoms with E-state index in [-0.39, 0.29) is 17.2 Å². The van der Waals surface area contributed by atoms with Crippen LogP contribution in [0, 0.1) is 11.3 Å². The van der Waals surface area contributed by atoms with Crippen molar-refractivity contribution in [2.75, 3.05) is 10.6 Å². The zero-order valence-electron chi connectivity index (χ0n) is 10.6. The molecule has 100 valence electrons. The van der Waals surface area contributed by atoms with Crippen LogP contribution in [0.25, 0.3) is 0 Å². The first-order valence-corrected chi connectivity index (χ1v) is 5.72. The first-order valence-electron chi connectivity index (χ1n) is 5.72. The van der Waals surface area contributed by atoms with Gasteiger partial charge in [0.2, 0.25) is 0 Å². The number of anilines is 2. The number of ketones is 1. The predicted octanol–water partition coefficient (Wildman–Crippen LogP) is 2.13. The van der Waals surface area contributed by atoms with Crippen molar-refractivity contribution in [2.24, 2.45) is 0 Å². The van der Waals surface area contributed by atoms with Crippen LogP contribution in [-0.2, 0) is 0 Å². The number of carbonyl (C=O) groups is 2. The van der Waals surface area contributed by atoms with Gasteiger partial charge in [0.15, 0.2) is 5.78 Å². The van der Waals surface area contributed by atoms with Gasteiger partial charge in [-0.3, -0.25) is 15.2 Å². The van der Waals surface area contributed by atoms with Gasteiger partial charge in [-0.25, -0.2) is 4.79 Å². The lowest BCUT2D eigenvalue weighted by atomic mass is 10.1. The zero-order valence-corrected chi connectivity index (χ0v) is 10.6. The molecule has 0 fully saturated rings. The topological polar surface area (TPSA) is 111 Å². The van der Waals surface area contributed by atoms with E-state index in [1.165, 1.54) is 13.1 Å². The minimum absolute atomic E-state index is 0.0443. The Hall–Kier alpha value is -3.14. The molecule has 0 aliphatic carbocycles. The van der Waals surface area contributed by atoms with E-state index in [4.69, 9.17) is 5.26 Å². The minimum Gasteiger partial charge on any atom is -0.308 e. The molecule has 7 heteroatoms. The molecule has 0 radical (unpaired) electrons. The number of aromatic nitrogens is 2. The lowest BCUT2D eigenvalue weighted by Crippen LogP contribution is -2.20. The number of benzene rings is 1. The van der Waals surface area contributed by atoms with Crippen molar-refractivity contribution in [3.8, 4) is 6.07 Å². The summed E-state index contributed by atoms with van der Waals surface area (Å²) in [6.07, 6.45) is 1.32. The molecule has 0 aliphatic rings. The van der Waals surface area contributed by atoms with Gasteiger partial charge in [0, 0.05) is 11.3 Å². The van der Waals surface area contributed by atoms with Crippen molar-refractivity contribution in [3.63, 3.8) is 0 Å². The monoisotopic (exact) mass is 269 g/mol. The quantitative estimate of drug-likeness (QED) is 0.741. The first-order chi connectivity index (χ1) is 9.60. The highest BCUT2D eigenvalue weighted by Gasteiger charge is 2.08. The fourth-order valence-electron chi connectivity index (χ4n) is 1.53. The van der Waals surface area contributed by atoms with Gasteiger partial charge >= 0.3 is 6.03 Å². The predicted molar refractivity (Wildman–Crippen MR) is 72.4 cm³/mol. The molecule has 0 saturated carbocycles. The van der Waals surface area contributed by atoms with Crippen molar-refractivity contribution < 1.29 is 9.59 Å². The maximum Gasteiger partial charge on any atom is 0.324 e. The van der Waals surface area contributed by atoms with Gasteiger partial charge in [-0.05, 0) is 31.2 Å². The average molecular weight is 269 g/mol. The standard InChI is InChI=1S/C13H11N5O2/c1-8(19)9-2-4-11(5-3-9)16-13(20)17-12-10(6-14)7-15-18-12/h2-5,7H,1H3,(H3,15,16,17,18,20). The van der Waals surface area contributed by atoms with Gasteiger partial charge in [-0.2, -0.15) is 10.4 Å². The number of hydrogen-bond donors (Lipinski definition) is 3. The van der Waals surface area contributed by atoms with E-state index >= 15 is 0 Å². The van der Waals surface area contributed by atoms with Gasteiger partial charge in [-0.15, -0.1) is 0 Å². The second-order valence-corrected chi connectivity index (χ2v) is 3.98. The molecule has 7 nitrogen and oxygen atoms in total. The Morgan fingerprint density at radius 2 is 1.95 bits per heavy atom. The number of rotatable bonds is 3. The van der Waals surface area contributed by atoms with Crippen molar-refractivity contribution in [1.82, 2.24) is 10.2 Å². The van der Waals surface area contributed by atoms with Crippen LogP contribution < -0.4 is 10.6 Å². The third-order valence-corrected chi connectivity index (χ3v) is 2.55. The van der Waals surface area contributed by atoms with Crippen LogP contribution >= 0.6 is 0 Å². The van der Waals surface area contributed by atoms with Gasteiger partial charge in [0.25, 0.3) is 0 Å². The summed E-state index contributed by atoms with van der Waals surface area (Å²) in [4.78, 5) is 22.8. The number of aromatic amines is 1. The molecule has 1 aromatic carbocycles. The fourth-order valence-corrected chi connectivity index (χ4v) is 1.53. The Kier molecular flexibility index (Phi) is 3.77. The van der Waals surface area contributed by atoms with E-state index in [1.807, 2.05) is 6.07 Å². The highest BCUT2D eigenvalue weighted by molar-refractivity contribution is 6.00. The number of nitrogens with zero attached hydrogens (tertiary/aromatic N) is 2. The Morgan fingerprint density at radius 1 is 1.25 bits per heavy atom. The number of carbonyl (C=O) groups excluding carboxylic acids is 2. The summed E-state index contributed by atoms with van der Waals surface area (Å²) in [5.74, 6) is 0.183. The highest BCUT2D eigenvalue weighted by atomic mass is 16.2. The van der Waals surface area contributed by atoms with E-state index in [9.17, 15) is 9.59 Å². The number of hydrogen-bond acceptors (Lipinski definition) is 4. The Labute approximate surface area is 114 Å². The van der Waals surface area contributed by atoms with Crippen molar-refractivity contribution in [1.29, 1.82) is 5.26 Å². The molecule has 0 saturated heterocycles. The van der Waals surface area contributed by atoms with E-state index < -0.39 is 6.03 Å². The summed E-state index contributed by atoms with van der Waals surface area (Å²) in [5.41, 5.74) is 1.34. The molecule has 1 aromatic heterocycles. The minimum atomic E-state index is -0.513. The first kappa shape index (κ1) is 13.3. The molecule has 2 rings (SSSR count). The highest BCUT2D eigenvalue weighted by Crippen LogP contribution is 2.12. The fraction of sp³-hybridized carbons (Fsp3) is 0.0769. The largest absolute Gasteiger partial charge is 0.324 e. The summed E-state index contributed by atoms with van der Waals surface area (Å²) in [6.45, 7) is 1.47. The SMILES string of the molecule is CC(=O)c1ccc(NC(=O)Nc2[nH]ncc2C#N)cc1. The number of Topliss-reactive ketones (excluding diaryl/α,β-unsaturated/α-hetero) is 1. The number of nitrogens with one attached hydrogen (secondary N) is 3. The molecule has 0 bridgehead atoms. The summed E-state index contributed by atoms with van der Waals surface area (Å²) in [6, 6.07) is 7.86. The normalized spacial score (nSPS) is 9.60. The molecule has 3 N–H and O–H groups in total. The van der Waals surface area contributed by atoms with E-state index in [0.29, 0.717) is 11.3 Å². The molecule has 0 aliphatic heterocycles. The molecule has 1 heterocycles. The Morgan fingerprint density at radius 3 is 2.55 bits per heavy atom. The second kappa shape index (κ2) is 5.67. The molecular weight excluding hydrogens is 258 g/mol. The van der Waals surface area contributed by atoms with E-state index in [2.05, 4.69) is 20.8 Å². The molecule has 2 amide bonds. The van der Waals surface area contributed by atoms with Gasteiger partial charge in [0.1, 0.15) is 17.5 Å². The van der Waals surface area contributed by atoms with Crippen LogP contribution in [0.15, 0.2) is 30.5 Å². The molecule has 0 spiro atoms. The lowest BCUT2D eigenvalue weighted by molar-refractivity contribution is 0.101. The third kappa shape index (κ3) is 3.00. The number of urea groups is 1. The van der Waals surface area contributed by atoms with Crippen LogP contribution in [0.1, 0.15) is 22.8 Å². The summed E-state index contributed by atoms with van der Waals surface area (Å²) in [5, 5.41) is 20.0. The van der Waals surface area contributed by atoms with Crippen LogP contribution in [0.4, 0.5) is 16.3 Å². The van der Waals surface area contributed by atoms with E-state index in [0.717, 1.165) is 0 Å². The van der Waals surface area contributed by atoms with Crippen molar-refractivity contribution in [2.45, 2.75) is 6.92 Å². The molecular formula is C13H11N5O2. The number of amides is 2. The number of H-pyrrole nitrogens is 1. The summed E-state index contributed by atoms with van der Waals surface area (Å²) in [7, 11) is 0. The van der Waals surface area contributed by atoms with Gasteiger partial charge in [0.05, 0.1) is 6.20 Å². The summed E-state index contributed by atoms with van der Waals surface area (Å²) >= 11 is 0. The third-order valence-electron chi connectivity index (χ3n) is 2.55. The smallest absolute Gasteiger partial charge is 0.308 e. The number of nitriles is 1. The van der Waals surface area contributed by atoms with Gasteiger partial charge in [-0.1, -0.05) is 0 Å². The molecule has 20 heavy (non-hydrogen) atoms. The average Bonchev–Trinajstić information content (AvgIpc) is 2.86. The second-order valence-electron chi connectivity index (χ2n) is 3.98. The molecule has 2 aromatic rings. The molecule has 0 atom stereocenters. The van der Waals surface area contributed by atoms with Crippen molar-refractivity contribution >= 4 is 23.3 Å². The van der Waals surface area contributed by atoms with E-state index in [1.54, 1.807) is 24.3 Å². The van der Waals surface area contributed by atoms with Gasteiger partial charge < -0.3 is 5.32 Å². The Bertz CT molecular complexity index is 682. The van der Waals surface area contributed by atoms with Crippen LogP contribution in [-0.4, -0.2) is 22.0 Å². The van der Waals surface area contributed by atoms with Crippen molar-refractivity contribution in [3.05, 3.63) is 41.6 Å². The van der Waals surface area contributed by atoms with Crippen LogP contribution in [0.5, 0.6) is 0 Å². The zero-order chi connectivity index (χ0) is 14.5. The van der Waals surface area contributed by atoms with Crippen LogP contribution in [0.2, 0.25) is 0 Å². The summed E-state index contributed by atoms with van der Waals surface area (Å²) < 4.78 is 0.